The summed E-state index contributed by atoms with van der Waals surface area (Å²) in [5.41, 5.74) is 0.891. The highest BCUT2D eigenvalue weighted by Crippen LogP contribution is 2.28. The first-order valence-electron chi connectivity index (χ1n) is 7.77. The number of hydrogen-bond acceptors (Lipinski definition) is 4. The standard InChI is InChI=1S/C17H20Cl2N2O2.2ClH/c18-14-9-13(10-15(19)11-14)17-2-1-16(23-17)12-20-3-4-21-5-7-22-8-6-21;;/h1-2,9-11,20H,3-8,12H2;2*1H/p-2. The molecule has 2 heterocycles. The first-order chi connectivity index (χ1) is 11.2. The average Bonchev–Trinajstić information content (AvgIpc) is 3.01. The number of furan rings is 1. The quantitative estimate of drug-likeness (QED) is 0.527. The van der Waals surface area contributed by atoms with E-state index in [-0.39, 0.29) is 24.8 Å². The number of benzene rings is 1. The summed E-state index contributed by atoms with van der Waals surface area (Å²) in [6.07, 6.45) is 0. The summed E-state index contributed by atoms with van der Waals surface area (Å²) in [6, 6.07) is 9.33. The number of rotatable bonds is 6. The van der Waals surface area contributed by atoms with Gasteiger partial charge in [0.1, 0.15) is 11.5 Å². The second kappa shape index (κ2) is 11.3. The fraction of sp³-hybridized carbons (Fsp3) is 0.412. The van der Waals surface area contributed by atoms with Crippen molar-refractivity contribution < 1.29 is 34.0 Å². The Morgan fingerprint density at radius 3 is 2.36 bits per heavy atom. The molecule has 0 aliphatic carbocycles. The van der Waals surface area contributed by atoms with E-state index >= 15 is 0 Å². The summed E-state index contributed by atoms with van der Waals surface area (Å²) >= 11 is 12.1. The largest absolute Gasteiger partial charge is 1.00 e. The van der Waals surface area contributed by atoms with Crippen LogP contribution < -0.4 is 30.1 Å². The Labute approximate surface area is 170 Å². The smallest absolute Gasteiger partial charge is 0.134 e. The molecule has 0 radical (unpaired) electrons. The van der Waals surface area contributed by atoms with Gasteiger partial charge in [-0.25, -0.2) is 0 Å². The van der Waals surface area contributed by atoms with Gasteiger partial charge in [-0.15, -0.1) is 0 Å². The number of morpholine rings is 1. The second-order valence-corrected chi connectivity index (χ2v) is 6.43. The van der Waals surface area contributed by atoms with Crippen molar-refractivity contribution in [2.45, 2.75) is 6.54 Å². The number of nitrogens with zero attached hydrogens (tertiary/aromatic N) is 1. The zero-order chi connectivity index (χ0) is 16.1. The molecule has 1 saturated heterocycles. The van der Waals surface area contributed by atoms with E-state index in [1.165, 1.54) is 0 Å². The van der Waals surface area contributed by atoms with Crippen LogP contribution in [-0.4, -0.2) is 44.3 Å². The van der Waals surface area contributed by atoms with Crippen molar-refractivity contribution >= 4 is 23.2 Å². The molecule has 0 atom stereocenters. The van der Waals surface area contributed by atoms with Gasteiger partial charge in [0.25, 0.3) is 0 Å². The fourth-order valence-corrected chi connectivity index (χ4v) is 3.12. The lowest BCUT2D eigenvalue weighted by molar-refractivity contribution is -0.001000. The zero-order valence-electron chi connectivity index (χ0n) is 13.6. The molecule has 140 valence electrons. The third-order valence-corrected chi connectivity index (χ3v) is 4.25. The highest BCUT2D eigenvalue weighted by Gasteiger charge is 2.10. The van der Waals surface area contributed by atoms with Gasteiger partial charge in [0.15, 0.2) is 0 Å². The molecule has 1 aliphatic rings. The van der Waals surface area contributed by atoms with Crippen molar-refractivity contribution in [1.82, 2.24) is 10.2 Å². The van der Waals surface area contributed by atoms with Crippen molar-refractivity contribution in [3.63, 3.8) is 0 Å². The minimum Gasteiger partial charge on any atom is -1.00 e. The third kappa shape index (κ3) is 6.99. The molecule has 8 heteroatoms. The minimum atomic E-state index is 0. The third-order valence-electron chi connectivity index (χ3n) is 3.82. The molecule has 0 spiro atoms. The Hall–Kier alpha value is -0.460. The number of hydrogen-bond donors (Lipinski definition) is 1. The molecule has 0 unspecified atom stereocenters. The maximum Gasteiger partial charge on any atom is 0.134 e. The molecule has 0 amide bonds. The summed E-state index contributed by atoms with van der Waals surface area (Å²) in [6.45, 7) is 6.37. The fourth-order valence-electron chi connectivity index (χ4n) is 2.60. The lowest BCUT2D eigenvalue weighted by Crippen LogP contribution is -3.00. The van der Waals surface area contributed by atoms with Crippen LogP contribution in [0.2, 0.25) is 10.0 Å². The van der Waals surface area contributed by atoms with Crippen molar-refractivity contribution in [3.8, 4) is 11.3 Å². The van der Waals surface area contributed by atoms with Crippen LogP contribution in [0.4, 0.5) is 0 Å². The average molecular weight is 426 g/mol. The van der Waals surface area contributed by atoms with Crippen molar-refractivity contribution in [2.24, 2.45) is 0 Å². The number of halogens is 4. The summed E-state index contributed by atoms with van der Waals surface area (Å²) in [5.74, 6) is 1.68. The molecule has 0 saturated carbocycles. The van der Waals surface area contributed by atoms with Gasteiger partial charge in [0.05, 0.1) is 19.8 Å². The molecular weight excluding hydrogens is 406 g/mol. The van der Waals surface area contributed by atoms with Crippen LogP contribution in [0.5, 0.6) is 0 Å². The van der Waals surface area contributed by atoms with E-state index in [1.54, 1.807) is 6.07 Å². The van der Waals surface area contributed by atoms with Crippen molar-refractivity contribution in [3.05, 3.63) is 46.1 Å². The van der Waals surface area contributed by atoms with Gasteiger partial charge < -0.3 is 39.3 Å². The molecule has 3 rings (SSSR count). The van der Waals surface area contributed by atoms with Crippen LogP contribution in [0.1, 0.15) is 5.76 Å². The molecule has 0 bridgehead atoms. The lowest BCUT2D eigenvalue weighted by atomic mass is 10.2. The van der Waals surface area contributed by atoms with Crippen LogP contribution in [0.15, 0.2) is 34.7 Å². The Bertz CT molecular complexity index is 625. The van der Waals surface area contributed by atoms with E-state index < -0.39 is 0 Å². The van der Waals surface area contributed by atoms with E-state index in [0.29, 0.717) is 16.6 Å². The molecular formula is C17H20Cl4N2O2-2. The van der Waals surface area contributed by atoms with Crippen LogP contribution >= 0.6 is 23.2 Å². The molecule has 1 aliphatic heterocycles. The van der Waals surface area contributed by atoms with Gasteiger partial charge in [-0.2, -0.15) is 0 Å². The summed E-state index contributed by atoms with van der Waals surface area (Å²) in [7, 11) is 0. The number of nitrogens with one attached hydrogen (secondary N) is 1. The van der Waals surface area contributed by atoms with E-state index in [0.717, 1.165) is 56.5 Å². The second-order valence-electron chi connectivity index (χ2n) is 5.55. The summed E-state index contributed by atoms with van der Waals surface area (Å²) in [4.78, 5) is 2.40. The van der Waals surface area contributed by atoms with Crippen LogP contribution in [0.25, 0.3) is 11.3 Å². The lowest BCUT2D eigenvalue weighted by Gasteiger charge is -2.26. The first-order valence-corrected chi connectivity index (χ1v) is 8.52. The van der Waals surface area contributed by atoms with Gasteiger partial charge in [0.2, 0.25) is 0 Å². The van der Waals surface area contributed by atoms with Gasteiger partial charge in [-0.3, -0.25) is 4.90 Å². The highest BCUT2D eigenvalue weighted by molar-refractivity contribution is 6.35. The van der Waals surface area contributed by atoms with E-state index in [1.807, 2.05) is 24.3 Å². The Morgan fingerprint density at radius 2 is 1.68 bits per heavy atom. The Balaban J connectivity index is 0.00000156. The van der Waals surface area contributed by atoms with Crippen LogP contribution in [0.3, 0.4) is 0 Å². The molecule has 1 N–H and O–H groups in total. The monoisotopic (exact) mass is 424 g/mol. The molecule has 4 nitrogen and oxygen atoms in total. The predicted octanol–water partition coefficient (Wildman–Crippen LogP) is -2.32. The number of ether oxygens (including phenoxy) is 1. The van der Waals surface area contributed by atoms with Crippen LogP contribution in [0, 0.1) is 0 Å². The molecule has 1 aromatic carbocycles. The Kier molecular flexibility index (Phi) is 10.2. The summed E-state index contributed by atoms with van der Waals surface area (Å²) < 4.78 is 11.2. The molecule has 1 aromatic heterocycles. The Morgan fingerprint density at radius 1 is 1.00 bits per heavy atom. The maximum atomic E-state index is 6.03. The van der Waals surface area contributed by atoms with E-state index in [2.05, 4.69) is 10.2 Å². The van der Waals surface area contributed by atoms with Gasteiger partial charge in [-0.05, 0) is 30.3 Å². The summed E-state index contributed by atoms with van der Waals surface area (Å²) in [5, 5.41) is 4.62. The van der Waals surface area contributed by atoms with Gasteiger partial charge >= 0.3 is 0 Å². The highest BCUT2D eigenvalue weighted by atomic mass is 35.5. The minimum absolute atomic E-state index is 0. The van der Waals surface area contributed by atoms with Crippen molar-refractivity contribution in [2.75, 3.05) is 39.4 Å². The maximum absolute atomic E-state index is 6.03. The predicted molar refractivity (Wildman–Crippen MR) is 93.1 cm³/mol. The molecule has 1 fully saturated rings. The topological polar surface area (TPSA) is 37.6 Å². The van der Waals surface area contributed by atoms with Gasteiger partial charge in [0, 0.05) is 41.8 Å². The van der Waals surface area contributed by atoms with E-state index in [9.17, 15) is 0 Å². The normalized spacial score (nSPS) is 14.6. The molecule has 2 aromatic rings. The van der Waals surface area contributed by atoms with E-state index in [4.69, 9.17) is 32.4 Å². The van der Waals surface area contributed by atoms with Crippen molar-refractivity contribution in [1.29, 1.82) is 0 Å². The SMILES string of the molecule is Clc1cc(Cl)cc(-c2ccc(CNCCN3CCOCC3)o2)c1.[Cl-].[Cl-]. The van der Waals surface area contributed by atoms with Crippen LogP contribution in [-0.2, 0) is 11.3 Å². The first kappa shape index (κ1) is 22.6. The molecule has 25 heavy (non-hydrogen) atoms. The van der Waals surface area contributed by atoms with Gasteiger partial charge in [-0.1, -0.05) is 23.2 Å². The zero-order valence-corrected chi connectivity index (χ0v) is 16.6.